The molecule has 1 fully saturated rings. The van der Waals surface area contributed by atoms with Gasteiger partial charge < -0.3 is 10.2 Å². The van der Waals surface area contributed by atoms with Crippen LogP contribution in [0.5, 0.6) is 0 Å². The van der Waals surface area contributed by atoms with E-state index in [1.165, 1.54) is 0 Å². The highest BCUT2D eigenvalue weighted by molar-refractivity contribution is 6.09. The number of aromatic nitrogens is 2. The molecule has 1 N–H and O–H groups in total. The molecule has 6 heteroatoms. The van der Waals surface area contributed by atoms with Gasteiger partial charge in [-0.05, 0) is 26.2 Å². The Balaban J connectivity index is 2.12. The lowest BCUT2D eigenvalue weighted by Crippen LogP contribution is -2.41. The first-order valence-electron chi connectivity index (χ1n) is 7.38. The molecule has 0 saturated carbocycles. The van der Waals surface area contributed by atoms with E-state index in [9.17, 15) is 9.59 Å². The number of aryl methyl sites for hydroxylation is 2. The quantitative estimate of drug-likeness (QED) is 0.907. The van der Waals surface area contributed by atoms with Gasteiger partial charge in [0.05, 0.1) is 11.4 Å². The van der Waals surface area contributed by atoms with E-state index in [2.05, 4.69) is 17.3 Å². The molecule has 0 unspecified atom stereocenters. The summed E-state index contributed by atoms with van der Waals surface area (Å²) in [5, 5.41) is 7.44. The highest BCUT2D eigenvalue weighted by Gasteiger charge is 2.41. The van der Waals surface area contributed by atoms with Crippen LogP contribution < -0.4 is 5.32 Å². The van der Waals surface area contributed by atoms with E-state index in [1.807, 2.05) is 6.92 Å². The van der Waals surface area contributed by atoms with Gasteiger partial charge in [0.2, 0.25) is 5.91 Å². The van der Waals surface area contributed by atoms with E-state index < -0.39 is 0 Å². The molecule has 0 spiro atoms. The first-order valence-corrected chi connectivity index (χ1v) is 7.38. The van der Waals surface area contributed by atoms with Crippen LogP contribution in [0.25, 0.3) is 0 Å². The predicted molar refractivity (Wildman–Crippen MR) is 74.6 cm³/mol. The molecule has 0 aliphatic carbocycles. The summed E-state index contributed by atoms with van der Waals surface area (Å²) in [5.74, 6) is -0.125. The Bertz CT molecular complexity index is 564. The van der Waals surface area contributed by atoms with E-state index in [0.717, 1.165) is 31.4 Å². The average molecular weight is 276 g/mol. The van der Waals surface area contributed by atoms with Gasteiger partial charge in [-0.25, -0.2) is 0 Å². The number of fused-ring (bicyclic) bond motifs is 2. The van der Waals surface area contributed by atoms with Crippen molar-refractivity contribution in [2.45, 2.75) is 52.1 Å². The Morgan fingerprint density at radius 2 is 2.15 bits per heavy atom. The fraction of sp³-hybridized carbons (Fsp3) is 0.643. The largest absolute Gasteiger partial charge is 0.325 e. The smallest absolute Gasteiger partial charge is 0.274 e. The second-order valence-corrected chi connectivity index (χ2v) is 5.38. The van der Waals surface area contributed by atoms with Crippen LogP contribution in [0.4, 0.5) is 5.69 Å². The normalized spacial score (nSPS) is 21.5. The topological polar surface area (TPSA) is 67.2 Å². The van der Waals surface area contributed by atoms with E-state index in [1.54, 1.807) is 9.58 Å². The summed E-state index contributed by atoms with van der Waals surface area (Å²) in [6.45, 7) is 5.32. The molecule has 6 nitrogen and oxygen atoms in total. The van der Waals surface area contributed by atoms with E-state index in [-0.39, 0.29) is 17.9 Å². The van der Waals surface area contributed by atoms with Crippen molar-refractivity contribution < 1.29 is 9.59 Å². The SMILES string of the molecule is CCCc1nn(CC)c2c1NC(=O)[C@@H]1CCCN1C2=O. The molecule has 0 radical (unpaired) electrons. The van der Waals surface area contributed by atoms with Gasteiger partial charge in [0.15, 0.2) is 0 Å². The van der Waals surface area contributed by atoms with Crippen LogP contribution in [-0.4, -0.2) is 39.1 Å². The predicted octanol–water partition coefficient (Wildman–Crippen LogP) is 1.41. The standard InChI is InChI=1S/C14H20N4O2/c1-3-6-9-11-12(18(4-2)16-9)14(20)17-8-5-7-10(17)13(19)15-11/h10H,3-8H2,1-2H3,(H,15,19)/t10-/m0/s1. The summed E-state index contributed by atoms with van der Waals surface area (Å²) in [6.07, 6.45) is 3.35. The minimum absolute atomic E-state index is 0.0578. The number of carbonyl (C=O) groups is 2. The molecule has 1 aromatic heterocycles. The summed E-state index contributed by atoms with van der Waals surface area (Å²) in [7, 11) is 0. The Morgan fingerprint density at radius 1 is 1.35 bits per heavy atom. The van der Waals surface area contributed by atoms with Crippen LogP contribution in [0, 0.1) is 0 Å². The molecule has 20 heavy (non-hydrogen) atoms. The van der Waals surface area contributed by atoms with Crippen molar-refractivity contribution in [2.24, 2.45) is 0 Å². The number of anilines is 1. The molecule has 3 rings (SSSR count). The number of nitrogens with one attached hydrogen (secondary N) is 1. The third kappa shape index (κ3) is 1.82. The minimum Gasteiger partial charge on any atom is -0.325 e. The van der Waals surface area contributed by atoms with Crippen molar-refractivity contribution in [3.8, 4) is 0 Å². The van der Waals surface area contributed by atoms with Crippen LogP contribution in [-0.2, 0) is 17.8 Å². The van der Waals surface area contributed by atoms with Crippen molar-refractivity contribution in [3.05, 3.63) is 11.4 Å². The Morgan fingerprint density at radius 3 is 2.85 bits per heavy atom. The highest BCUT2D eigenvalue weighted by atomic mass is 16.2. The number of carbonyl (C=O) groups excluding carboxylic acids is 2. The number of hydrogen-bond donors (Lipinski definition) is 1. The van der Waals surface area contributed by atoms with Crippen LogP contribution in [0.15, 0.2) is 0 Å². The number of nitrogens with zero attached hydrogens (tertiary/aromatic N) is 3. The zero-order valence-corrected chi connectivity index (χ0v) is 12.0. The summed E-state index contributed by atoms with van der Waals surface area (Å²) < 4.78 is 1.73. The second kappa shape index (κ2) is 4.92. The van der Waals surface area contributed by atoms with Crippen molar-refractivity contribution in [1.82, 2.24) is 14.7 Å². The van der Waals surface area contributed by atoms with Gasteiger partial charge in [-0.2, -0.15) is 5.10 Å². The summed E-state index contributed by atoms with van der Waals surface area (Å²) in [4.78, 5) is 26.7. The van der Waals surface area contributed by atoms with Crippen LogP contribution in [0.1, 0.15) is 49.3 Å². The average Bonchev–Trinajstić information content (AvgIpc) is 3.01. The fourth-order valence-electron chi connectivity index (χ4n) is 3.13. The van der Waals surface area contributed by atoms with E-state index in [4.69, 9.17) is 0 Å². The molecule has 2 aliphatic heterocycles. The summed E-state index contributed by atoms with van der Waals surface area (Å²) in [6, 6.07) is -0.310. The van der Waals surface area contributed by atoms with Crippen molar-refractivity contribution >= 4 is 17.5 Å². The molecule has 0 aromatic carbocycles. The Hall–Kier alpha value is -1.85. The maximum absolute atomic E-state index is 12.7. The van der Waals surface area contributed by atoms with Gasteiger partial charge in [-0.15, -0.1) is 0 Å². The molecule has 1 aromatic rings. The molecule has 1 atom stereocenters. The molecule has 108 valence electrons. The monoisotopic (exact) mass is 276 g/mol. The molecule has 1 saturated heterocycles. The zero-order chi connectivity index (χ0) is 14.3. The molecule has 0 bridgehead atoms. The summed E-state index contributed by atoms with van der Waals surface area (Å²) >= 11 is 0. The van der Waals surface area contributed by atoms with Gasteiger partial charge >= 0.3 is 0 Å². The number of amides is 2. The molecule has 3 heterocycles. The third-order valence-corrected chi connectivity index (χ3v) is 4.08. The van der Waals surface area contributed by atoms with Gasteiger partial charge in [0, 0.05) is 13.1 Å². The maximum atomic E-state index is 12.7. The van der Waals surface area contributed by atoms with Crippen LogP contribution in [0.3, 0.4) is 0 Å². The van der Waals surface area contributed by atoms with E-state index in [0.29, 0.717) is 24.5 Å². The van der Waals surface area contributed by atoms with Gasteiger partial charge in [-0.1, -0.05) is 13.3 Å². The first-order chi connectivity index (χ1) is 9.67. The van der Waals surface area contributed by atoms with Crippen LogP contribution >= 0.6 is 0 Å². The Labute approximate surface area is 118 Å². The Kier molecular flexibility index (Phi) is 3.23. The fourth-order valence-corrected chi connectivity index (χ4v) is 3.13. The maximum Gasteiger partial charge on any atom is 0.274 e. The number of rotatable bonds is 3. The summed E-state index contributed by atoms with van der Waals surface area (Å²) in [5.41, 5.74) is 2.01. The zero-order valence-electron chi connectivity index (χ0n) is 12.0. The van der Waals surface area contributed by atoms with Crippen molar-refractivity contribution in [3.63, 3.8) is 0 Å². The lowest BCUT2D eigenvalue weighted by atomic mass is 10.2. The molecular formula is C14H20N4O2. The third-order valence-electron chi connectivity index (χ3n) is 4.08. The van der Waals surface area contributed by atoms with Gasteiger partial charge in [0.25, 0.3) is 5.91 Å². The van der Waals surface area contributed by atoms with Gasteiger partial charge in [0.1, 0.15) is 11.7 Å². The molecule has 2 amide bonds. The lowest BCUT2D eigenvalue weighted by Gasteiger charge is -2.20. The first kappa shape index (κ1) is 13.1. The molecular weight excluding hydrogens is 256 g/mol. The highest BCUT2D eigenvalue weighted by Crippen LogP contribution is 2.31. The van der Waals surface area contributed by atoms with Crippen molar-refractivity contribution in [2.75, 3.05) is 11.9 Å². The van der Waals surface area contributed by atoms with E-state index >= 15 is 0 Å². The van der Waals surface area contributed by atoms with Crippen LogP contribution in [0.2, 0.25) is 0 Å². The second-order valence-electron chi connectivity index (χ2n) is 5.38. The number of hydrogen-bond acceptors (Lipinski definition) is 3. The lowest BCUT2D eigenvalue weighted by molar-refractivity contribution is -0.119. The minimum atomic E-state index is -0.310. The molecule has 2 aliphatic rings. The van der Waals surface area contributed by atoms with Gasteiger partial charge in [-0.3, -0.25) is 14.3 Å². The van der Waals surface area contributed by atoms with Crippen molar-refractivity contribution in [1.29, 1.82) is 0 Å².